The van der Waals surface area contributed by atoms with Gasteiger partial charge in [0.1, 0.15) is 0 Å². The van der Waals surface area contributed by atoms with Gasteiger partial charge in [-0.3, -0.25) is 14.6 Å². The Balaban J connectivity index is 2.13. The van der Waals surface area contributed by atoms with Gasteiger partial charge in [0.15, 0.2) is 5.96 Å². The second-order valence-corrected chi connectivity index (χ2v) is 6.23. The molecule has 0 atom stereocenters. The van der Waals surface area contributed by atoms with Gasteiger partial charge in [0.05, 0.1) is 19.6 Å². The Morgan fingerprint density at radius 3 is 2.44 bits per heavy atom. The van der Waals surface area contributed by atoms with E-state index >= 15 is 0 Å². The third-order valence-corrected chi connectivity index (χ3v) is 4.44. The highest BCUT2D eigenvalue weighted by atomic mass is 16.5. The van der Waals surface area contributed by atoms with E-state index in [0.717, 1.165) is 64.1 Å². The van der Waals surface area contributed by atoms with Crippen LogP contribution in [0.3, 0.4) is 0 Å². The van der Waals surface area contributed by atoms with E-state index in [9.17, 15) is 9.59 Å². The van der Waals surface area contributed by atoms with Crippen LogP contribution in [0.25, 0.3) is 0 Å². The summed E-state index contributed by atoms with van der Waals surface area (Å²) in [6, 6.07) is 0. The molecule has 0 aromatic carbocycles. The number of guanidine groups is 1. The summed E-state index contributed by atoms with van der Waals surface area (Å²) in [5.41, 5.74) is 0. The number of unbranched alkanes of at least 4 members (excludes halogenated alkanes) is 3. The molecule has 25 heavy (non-hydrogen) atoms. The van der Waals surface area contributed by atoms with Gasteiger partial charge < -0.3 is 19.7 Å². The van der Waals surface area contributed by atoms with E-state index in [2.05, 4.69) is 15.2 Å². The molecule has 1 saturated heterocycles. The molecule has 0 unspecified atom stereocenters. The highest BCUT2D eigenvalue weighted by Crippen LogP contribution is 2.18. The lowest BCUT2D eigenvalue weighted by molar-refractivity contribution is -0.146. The topological polar surface area (TPSA) is 80.2 Å². The Morgan fingerprint density at radius 1 is 1.16 bits per heavy atom. The first-order chi connectivity index (χ1) is 12.1. The average molecular weight is 355 g/mol. The smallest absolute Gasteiger partial charge is 0.308 e. The molecule has 7 heteroatoms. The van der Waals surface area contributed by atoms with E-state index in [0.29, 0.717) is 13.0 Å². The normalized spacial score (nSPS) is 15.8. The van der Waals surface area contributed by atoms with Crippen LogP contribution in [0.5, 0.6) is 0 Å². The number of piperidine rings is 1. The highest BCUT2D eigenvalue weighted by Gasteiger charge is 2.26. The van der Waals surface area contributed by atoms with Gasteiger partial charge >= 0.3 is 11.9 Å². The molecule has 7 nitrogen and oxygen atoms in total. The van der Waals surface area contributed by atoms with Crippen LogP contribution in [0.15, 0.2) is 4.99 Å². The molecule has 1 aliphatic heterocycles. The molecular formula is C18H33N3O4. The van der Waals surface area contributed by atoms with Gasteiger partial charge in [-0.15, -0.1) is 0 Å². The Hall–Kier alpha value is -1.79. The number of carbonyl (C=O) groups is 2. The molecule has 1 rings (SSSR count). The molecule has 1 aliphatic rings. The summed E-state index contributed by atoms with van der Waals surface area (Å²) >= 11 is 0. The summed E-state index contributed by atoms with van der Waals surface area (Å²) in [5, 5.41) is 3.39. The van der Waals surface area contributed by atoms with Crippen molar-refractivity contribution in [1.29, 1.82) is 0 Å². The minimum absolute atomic E-state index is 0.0127. The van der Waals surface area contributed by atoms with E-state index in [4.69, 9.17) is 9.47 Å². The molecule has 0 radical (unpaired) electrons. The highest BCUT2D eigenvalue weighted by molar-refractivity contribution is 5.80. The zero-order valence-corrected chi connectivity index (χ0v) is 15.9. The predicted molar refractivity (Wildman–Crippen MR) is 97.4 cm³/mol. The van der Waals surface area contributed by atoms with Crippen molar-refractivity contribution in [3.05, 3.63) is 0 Å². The first-order valence-corrected chi connectivity index (χ1v) is 9.31. The molecule has 1 fully saturated rings. The number of methoxy groups -OCH3 is 1. The number of rotatable bonds is 9. The van der Waals surface area contributed by atoms with E-state index in [1.54, 1.807) is 7.05 Å². The average Bonchev–Trinajstić information content (AvgIpc) is 2.64. The minimum atomic E-state index is -0.106. The SMILES string of the molecule is CCOC(=O)CCCCCCNC(=NC)N1CCC(C(=O)OC)CC1. The maximum atomic E-state index is 11.6. The van der Waals surface area contributed by atoms with Gasteiger partial charge in [0.25, 0.3) is 0 Å². The van der Waals surface area contributed by atoms with Crippen molar-refractivity contribution >= 4 is 17.9 Å². The number of aliphatic imine (C=N–C) groups is 1. The summed E-state index contributed by atoms with van der Waals surface area (Å²) in [6.07, 6.45) is 6.16. The number of esters is 2. The lowest BCUT2D eigenvalue weighted by atomic mass is 9.97. The van der Waals surface area contributed by atoms with Gasteiger partial charge in [0.2, 0.25) is 0 Å². The molecule has 0 amide bonds. The minimum Gasteiger partial charge on any atom is -0.469 e. The van der Waals surface area contributed by atoms with Crippen LogP contribution in [-0.2, 0) is 19.1 Å². The number of nitrogens with one attached hydrogen (secondary N) is 1. The van der Waals surface area contributed by atoms with Gasteiger partial charge in [0, 0.05) is 33.1 Å². The van der Waals surface area contributed by atoms with Crippen LogP contribution in [0, 0.1) is 5.92 Å². The van der Waals surface area contributed by atoms with Crippen molar-refractivity contribution in [2.24, 2.45) is 10.9 Å². The monoisotopic (exact) mass is 355 g/mol. The molecule has 0 aromatic heterocycles. The third-order valence-electron chi connectivity index (χ3n) is 4.44. The van der Waals surface area contributed by atoms with E-state index in [1.165, 1.54) is 7.11 Å². The summed E-state index contributed by atoms with van der Waals surface area (Å²) < 4.78 is 9.73. The zero-order chi connectivity index (χ0) is 18.5. The third kappa shape index (κ3) is 8.23. The van der Waals surface area contributed by atoms with Crippen LogP contribution in [-0.4, -0.2) is 63.2 Å². The largest absolute Gasteiger partial charge is 0.469 e. The van der Waals surface area contributed by atoms with E-state index < -0.39 is 0 Å². The number of likely N-dealkylation sites (tertiary alicyclic amines) is 1. The Labute approximate surface area is 151 Å². The molecule has 0 aliphatic carbocycles. The van der Waals surface area contributed by atoms with Crippen LogP contribution >= 0.6 is 0 Å². The van der Waals surface area contributed by atoms with Crippen LogP contribution in [0.2, 0.25) is 0 Å². The lowest BCUT2D eigenvalue weighted by Gasteiger charge is -2.33. The summed E-state index contributed by atoms with van der Waals surface area (Å²) in [5.74, 6) is 0.704. The summed E-state index contributed by atoms with van der Waals surface area (Å²) in [4.78, 5) is 29.3. The number of nitrogens with zero attached hydrogens (tertiary/aromatic N) is 2. The molecule has 144 valence electrons. The van der Waals surface area contributed by atoms with Crippen LogP contribution in [0.1, 0.15) is 51.9 Å². The maximum absolute atomic E-state index is 11.6. The first kappa shape index (κ1) is 21.3. The fraction of sp³-hybridized carbons (Fsp3) is 0.833. The summed E-state index contributed by atoms with van der Waals surface area (Å²) in [6.45, 7) is 4.79. The molecule has 0 aromatic rings. The molecule has 0 bridgehead atoms. The number of hydrogen-bond donors (Lipinski definition) is 1. The first-order valence-electron chi connectivity index (χ1n) is 9.31. The Kier molecular flexibility index (Phi) is 10.7. The van der Waals surface area contributed by atoms with Gasteiger partial charge in [-0.25, -0.2) is 0 Å². The van der Waals surface area contributed by atoms with Crippen molar-refractivity contribution in [3.63, 3.8) is 0 Å². The van der Waals surface area contributed by atoms with E-state index in [1.807, 2.05) is 6.92 Å². The zero-order valence-electron chi connectivity index (χ0n) is 15.9. The fourth-order valence-corrected chi connectivity index (χ4v) is 3.01. The predicted octanol–water partition coefficient (Wildman–Crippen LogP) is 1.96. The second kappa shape index (κ2) is 12.6. The molecule has 1 heterocycles. The van der Waals surface area contributed by atoms with Crippen molar-refractivity contribution < 1.29 is 19.1 Å². The van der Waals surface area contributed by atoms with E-state index in [-0.39, 0.29) is 17.9 Å². The molecule has 0 spiro atoms. The van der Waals surface area contributed by atoms with Crippen LogP contribution < -0.4 is 5.32 Å². The van der Waals surface area contributed by atoms with Crippen LogP contribution in [0.4, 0.5) is 0 Å². The Morgan fingerprint density at radius 2 is 1.84 bits per heavy atom. The number of hydrogen-bond acceptors (Lipinski definition) is 5. The quantitative estimate of drug-likeness (QED) is 0.295. The maximum Gasteiger partial charge on any atom is 0.308 e. The number of ether oxygens (including phenoxy) is 2. The second-order valence-electron chi connectivity index (χ2n) is 6.23. The Bertz CT molecular complexity index is 432. The van der Waals surface area contributed by atoms with Gasteiger partial charge in [-0.05, 0) is 32.6 Å². The van der Waals surface area contributed by atoms with Gasteiger partial charge in [-0.2, -0.15) is 0 Å². The lowest BCUT2D eigenvalue weighted by Crippen LogP contribution is -2.46. The van der Waals surface area contributed by atoms with Crippen molar-refractivity contribution in [2.75, 3.05) is 40.4 Å². The fourth-order valence-electron chi connectivity index (χ4n) is 3.01. The summed E-state index contributed by atoms with van der Waals surface area (Å²) in [7, 11) is 3.23. The van der Waals surface area contributed by atoms with Crippen molar-refractivity contribution in [3.8, 4) is 0 Å². The molecular weight excluding hydrogens is 322 g/mol. The molecule has 1 N–H and O–H groups in total. The van der Waals surface area contributed by atoms with Gasteiger partial charge in [-0.1, -0.05) is 12.8 Å². The standard InChI is InChI=1S/C18H33N3O4/c1-4-25-16(22)9-7-5-6-8-12-20-18(19-2)21-13-10-15(11-14-21)17(23)24-3/h15H,4-14H2,1-3H3,(H,19,20). The van der Waals surface area contributed by atoms with Crippen molar-refractivity contribution in [1.82, 2.24) is 10.2 Å². The van der Waals surface area contributed by atoms with Crippen molar-refractivity contribution in [2.45, 2.75) is 51.9 Å². The number of carbonyl (C=O) groups excluding carboxylic acids is 2. The molecule has 0 saturated carbocycles.